The van der Waals surface area contributed by atoms with Crippen LogP contribution in [0, 0.1) is 0 Å². The molecular weight excluding hydrogens is 326 g/mol. The third kappa shape index (κ3) is 3.36. The lowest BCUT2D eigenvalue weighted by molar-refractivity contribution is -0.128. The minimum Gasteiger partial charge on any atom is -0.493 e. The summed E-state index contributed by atoms with van der Waals surface area (Å²) in [5.41, 5.74) is -0.0406. The van der Waals surface area contributed by atoms with Crippen LogP contribution in [0.2, 0.25) is 0 Å². The van der Waals surface area contributed by atoms with E-state index in [1.807, 2.05) is 12.1 Å². The number of carbonyl (C=O) groups excluding carboxylic acids is 1. The molecule has 7 heteroatoms. The number of hydrogen-bond donors (Lipinski definition) is 2. The monoisotopic (exact) mass is 349 g/mol. The fourth-order valence-corrected chi connectivity index (χ4v) is 3.59. The highest BCUT2D eigenvalue weighted by atomic mass is 16.7. The maximum absolute atomic E-state index is 12.0. The molecule has 0 radical (unpaired) electrons. The Morgan fingerprint density at radius 1 is 1.28 bits per heavy atom. The summed E-state index contributed by atoms with van der Waals surface area (Å²) in [5, 5.41) is 11.6. The fraction of sp³-hybridized carbons (Fsp3) is 0.556. The van der Waals surface area contributed by atoms with Crippen molar-refractivity contribution in [3.05, 3.63) is 23.8 Å². The van der Waals surface area contributed by atoms with Crippen LogP contribution in [-0.2, 0) is 14.9 Å². The van der Waals surface area contributed by atoms with E-state index in [0.29, 0.717) is 18.0 Å². The molecule has 2 unspecified atom stereocenters. The zero-order chi connectivity index (χ0) is 18.0. The number of amides is 1. The Kier molecular flexibility index (Phi) is 4.74. The Labute approximate surface area is 146 Å². The van der Waals surface area contributed by atoms with Crippen molar-refractivity contribution in [3.63, 3.8) is 0 Å². The van der Waals surface area contributed by atoms with E-state index in [2.05, 4.69) is 5.32 Å². The van der Waals surface area contributed by atoms with E-state index in [4.69, 9.17) is 19.3 Å². The van der Waals surface area contributed by atoms with E-state index in [1.54, 1.807) is 20.1 Å². The maximum Gasteiger partial charge on any atom is 0.506 e. The highest BCUT2D eigenvalue weighted by Crippen LogP contribution is 2.39. The van der Waals surface area contributed by atoms with Crippen LogP contribution >= 0.6 is 0 Å². The molecule has 1 aromatic carbocycles. The molecule has 2 atom stereocenters. The topological polar surface area (TPSA) is 94.1 Å². The van der Waals surface area contributed by atoms with Crippen LogP contribution in [0.5, 0.6) is 11.5 Å². The van der Waals surface area contributed by atoms with E-state index in [1.165, 1.54) is 0 Å². The number of carboxylic acid groups (broad SMARTS) is 1. The van der Waals surface area contributed by atoms with Crippen LogP contribution < -0.4 is 14.8 Å². The zero-order valence-electron chi connectivity index (χ0n) is 14.4. The lowest BCUT2D eigenvalue weighted by Gasteiger charge is -2.29. The third-order valence-corrected chi connectivity index (χ3v) is 5.08. The van der Waals surface area contributed by atoms with Crippen LogP contribution in [0.25, 0.3) is 0 Å². The first-order valence-corrected chi connectivity index (χ1v) is 8.46. The highest BCUT2D eigenvalue weighted by molar-refractivity contribution is 5.87. The van der Waals surface area contributed by atoms with Gasteiger partial charge in [0.05, 0.1) is 18.6 Å². The van der Waals surface area contributed by atoms with E-state index in [0.717, 1.165) is 31.2 Å². The minimum absolute atomic E-state index is 0.159. The molecule has 1 aromatic rings. The molecule has 0 aromatic heterocycles. The van der Waals surface area contributed by atoms with Gasteiger partial charge in [-0.05, 0) is 50.3 Å². The molecule has 2 fully saturated rings. The Hall–Kier alpha value is -2.44. The number of rotatable bonds is 5. The molecule has 0 bridgehead atoms. The first-order valence-electron chi connectivity index (χ1n) is 8.46. The molecule has 2 N–H and O–H groups in total. The van der Waals surface area contributed by atoms with Gasteiger partial charge in [0.25, 0.3) is 5.91 Å². The number of hydrogen-bond acceptors (Lipinski definition) is 5. The van der Waals surface area contributed by atoms with Gasteiger partial charge in [0.1, 0.15) is 0 Å². The van der Waals surface area contributed by atoms with Crippen LogP contribution in [0.3, 0.4) is 0 Å². The van der Waals surface area contributed by atoms with Crippen LogP contribution in [0.15, 0.2) is 18.2 Å². The molecule has 25 heavy (non-hydrogen) atoms. The summed E-state index contributed by atoms with van der Waals surface area (Å²) in [7, 11) is 1.58. The lowest BCUT2D eigenvalue weighted by atomic mass is 9.79. The van der Waals surface area contributed by atoms with Crippen molar-refractivity contribution in [2.45, 2.75) is 50.2 Å². The van der Waals surface area contributed by atoms with Gasteiger partial charge in [-0.15, -0.1) is 0 Å². The summed E-state index contributed by atoms with van der Waals surface area (Å²) in [6.45, 7) is 2.10. The van der Waals surface area contributed by atoms with Crippen molar-refractivity contribution in [2.24, 2.45) is 0 Å². The summed E-state index contributed by atoms with van der Waals surface area (Å²) >= 11 is 0. The van der Waals surface area contributed by atoms with Crippen molar-refractivity contribution < 1.29 is 28.9 Å². The van der Waals surface area contributed by atoms with Crippen LogP contribution in [0.4, 0.5) is 4.79 Å². The number of nitrogens with one attached hydrogen (secondary N) is 1. The van der Waals surface area contributed by atoms with Crippen LogP contribution in [-0.4, -0.2) is 43.0 Å². The van der Waals surface area contributed by atoms with Crippen molar-refractivity contribution in [3.8, 4) is 11.5 Å². The number of carbonyl (C=O) groups is 2. The van der Waals surface area contributed by atoms with Crippen LogP contribution in [0.1, 0.15) is 38.2 Å². The fourth-order valence-electron chi connectivity index (χ4n) is 3.59. The number of ether oxygens (including phenoxy) is 3. The lowest BCUT2D eigenvalue weighted by Crippen LogP contribution is -2.40. The molecule has 0 spiro atoms. The van der Waals surface area contributed by atoms with E-state index in [9.17, 15) is 9.59 Å². The van der Waals surface area contributed by atoms with Gasteiger partial charge in [0.2, 0.25) is 0 Å². The minimum atomic E-state index is -1.47. The largest absolute Gasteiger partial charge is 0.506 e. The van der Waals surface area contributed by atoms with Gasteiger partial charge in [-0.1, -0.05) is 6.07 Å². The molecule has 2 aliphatic rings. The molecule has 136 valence electrons. The Morgan fingerprint density at radius 3 is 2.64 bits per heavy atom. The Balaban J connectivity index is 1.92. The predicted octanol–water partition coefficient (Wildman–Crippen LogP) is 2.47. The van der Waals surface area contributed by atoms with Gasteiger partial charge >= 0.3 is 6.16 Å². The second-order valence-corrected chi connectivity index (χ2v) is 6.79. The molecule has 7 nitrogen and oxygen atoms in total. The molecule has 1 saturated heterocycles. The van der Waals surface area contributed by atoms with Gasteiger partial charge in [-0.25, -0.2) is 4.79 Å². The van der Waals surface area contributed by atoms with Crippen molar-refractivity contribution >= 4 is 12.1 Å². The third-order valence-electron chi connectivity index (χ3n) is 5.08. The Morgan fingerprint density at radius 2 is 2.00 bits per heavy atom. The molecule has 3 rings (SSSR count). The summed E-state index contributed by atoms with van der Waals surface area (Å²) in [6.07, 6.45) is 1.91. The summed E-state index contributed by atoms with van der Waals surface area (Å²) in [4.78, 5) is 23.0. The summed E-state index contributed by atoms with van der Waals surface area (Å²) < 4.78 is 16.3. The van der Waals surface area contributed by atoms with Gasteiger partial charge in [-0.2, -0.15) is 0 Å². The second kappa shape index (κ2) is 6.82. The highest BCUT2D eigenvalue weighted by Gasteiger charge is 2.49. The molecule has 1 amide bonds. The van der Waals surface area contributed by atoms with Crippen molar-refractivity contribution in [1.82, 2.24) is 5.32 Å². The van der Waals surface area contributed by atoms with Gasteiger partial charge in [-0.3, -0.25) is 4.79 Å². The first kappa shape index (κ1) is 17.4. The summed E-state index contributed by atoms with van der Waals surface area (Å²) in [6, 6.07) is 5.43. The zero-order valence-corrected chi connectivity index (χ0v) is 14.4. The Bertz CT molecular complexity index is 670. The van der Waals surface area contributed by atoms with E-state index < -0.39 is 23.6 Å². The quantitative estimate of drug-likeness (QED) is 0.793. The van der Waals surface area contributed by atoms with Crippen molar-refractivity contribution in [2.75, 3.05) is 13.7 Å². The van der Waals surface area contributed by atoms with Gasteiger partial charge in [0, 0.05) is 6.54 Å². The standard InChI is InChI=1S/C18H23NO6/c1-18(10-19-16(20)15(18)25-17(21)22)11-7-8-13(23-2)14(9-11)24-12-5-3-4-6-12/h7-9,12,15H,3-6,10H2,1-2H3,(H,19,20)(H,21,22). The molecule has 1 saturated carbocycles. The smallest absolute Gasteiger partial charge is 0.493 e. The number of methoxy groups -OCH3 is 1. The number of benzene rings is 1. The maximum atomic E-state index is 12.0. The van der Waals surface area contributed by atoms with Crippen molar-refractivity contribution in [1.29, 1.82) is 0 Å². The SMILES string of the molecule is COc1ccc(C2(C)CNC(=O)C2OC(=O)O)cc1OC1CCCC1. The molecule has 1 aliphatic carbocycles. The molecule has 1 aliphatic heterocycles. The van der Waals surface area contributed by atoms with Gasteiger partial charge in [0.15, 0.2) is 17.6 Å². The predicted molar refractivity (Wildman–Crippen MR) is 89.1 cm³/mol. The second-order valence-electron chi connectivity index (χ2n) is 6.79. The van der Waals surface area contributed by atoms with E-state index >= 15 is 0 Å². The summed E-state index contributed by atoms with van der Waals surface area (Å²) in [5.74, 6) is 0.799. The molecule has 1 heterocycles. The van der Waals surface area contributed by atoms with Gasteiger partial charge < -0.3 is 24.6 Å². The average Bonchev–Trinajstić information content (AvgIpc) is 3.19. The first-order chi connectivity index (χ1) is 11.9. The molecular formula is C18H23NO6. The normalized spacial score (nSPS) is 26.3. The van der Waals surface area contributed by atoms with E-state index in [-0.39, 0.29) is 6.10 Å². The average molecular weight is 349 g/mol.